The topological polar surface area (TPSA) is 77.5 Å². The first kappa shape index (κ1) is 18.4. The van der Waals surface area contributed by atoms with Crippen molar-refractivity contribution in [3.05, 3.63) is 34.3 Å². The fourth-order valence-corrected chi connectivity index (χ4v) is 4.07. The molecule has 0 spiro atoms. The quantitative estimate of drug-likeness (QED) is 0.867. The summed E-state index contributed by atoms with van der Waals surface area (Å²) in [5, 5.41) is 3.27. The molecule has 1 aliphatic carbocycles. The number of carbonyl (C=O) groups excluding carboxylic acids is 2. The van der Waals surface area contributed by atoms with E-state index in [1.54, 1.807) is 32.4 Å². The van der Waals surface area contributed by atoms with Gasteiger partial charge in [-0.15, -0.1) is 0 Å². The lowest BCUT2D eigenvalue weighted by molar-refractivity contribution is -0.115. The Morgan fingerprint density at radius 1 is 1.27 bits per heavy atom. The van der Waals surface area contributed by atoms with Crippen molar-refractivity contribution in [2.45, 2.75) is 33.1 Å². The molecular formula is C19H22N2O4S. The lowest BCUT2D eigenvalue weighted by Gasteiger charge is -2.26. The molecule has 0 fully saturated rings. The van der Waals surface area contributed by atoms with Gasteiger partial charge in [-0.05, 0) is 30.0 Å². The van der Waals surface area contributed by atoms with Crippen LogP contribution in [0.25, 0.3) is 0 Å². The summed E-state index contributed by atoms with van der Waals surface area (Å²) in [5.74, 6) is 1.17. The van der Waals surface area contributed by atoms with E-state index in [9.17, 15) is 9.59 Å². The van der Waals surface area contributed by atoms with Crippen molar-refractivity contribution >= 4 is 28.2 Å². The molecule has 0 radical (unpaired) electrons. The highest BCUT2D eigenvalue weighted by molar-refractivity contribution is 7.17. The Bertz CT molecular complexity index is 857. The maximum atomic E-state index is 12.4. The van der Waals surface area contributed by atoms with Crippen LogP contribution in [0.5, 0.6) is 11.5 Å². The van der Waals surface area contributed by atoms with Crippen LogP contribution in [0, 0.1) is 5.41 Å². The van der Waals surface area contributed by atoms with Gasteiger partial charge < -0.3 is 14.8 Å². The van der Waals surface area contributed by atoms with E-state index in [0.29, 0.717) is 27.9 Å². The molecule has 1 heterocycles. The monoisotopic (exact) mass is 374 g/mol. The molecule has 0 bridgehead atoms. The largest absolute Gasteiger partial charge is 0.497 e. The summed E-state index contributed by atoms with van der Waals surface area (Å²) in [6.07, 6.45) is 1.38. The van der Waals surface area contributed by atoms with Crippen molar-refractivity contribution in [2.24, 2.45) is 5.41 Å². The Morgan fingerprint density at radius 3 is 2.73 bits per heavy atom. The van der Waals surface area contributed by atoms with Crippen molar-refractivity contribution in [2.75, 3.05) is 19.5 Å². The van der Waals surface area contributed by atoms with Gasteiger partial charge in [-0.3, -0.25) is 9.59 Å². The Morgan fingerprint density at radius 2 is 2.04 bits per heavy atom. The van der Waals surface area contributed by atoms with Gasteiger partial charge in [0.1, 0.15) is 11.5 Å². The molecule has 26 heavy (non-hydrogen) atoms. The molecule has 0 aliphatic heterocycles. The minimum atomic E-state index is -0.214. The van der Waals surface area contributed by atoms with Crippen LogP contribution in [-0.4, -0.2) is 30.9 Å². The average molecular weight is 374 g/mol. The molecule has 0 saturated heterocycles. The van der Waals surface area contributed by atoms with E-state index >= 15 is 0 Å². The highest BCUT2D eigenvalue weighted by Gasteiger charge is 2.34. The standard InChI is InChI=1S/C19H22N2O4S/c1-19(2)9-13-17(14(22)10-19)26-18(20-13)21-16(23)8-11-7-12(24-3)5-6-15(11)25-4/h5-7H,8-10H2,1-4H3,(H,20,21,23). The second-order valence-corrected chi connectivity index (χ2v) is 8.14. The van der Waals surface area contributed by atoms with Gasteiger partial charge in [0.25, 0.3) is 0 Å². The molecule has 3 rings (SSSR count). The first-order valence-corrected chi connectivity index (χ1v) is 9.16. The number of methoxy groups -OCH3 is 2. The van der Waals surface area contributed by atoms with Gasteiger partial charge in [0.15, 0.2) is 10.9 Å². The fraction of sp³-hybridized carbons (Fsp3) is 0.421. The number of nitrogens with zero attached hydrogens (tertiary/aromatic N) is 1. The Hall–Kier alpha value is -2.41. The molecule has 0 saturated carbocycles. The van der Waals surface area contributed by atoms with Crippen LogP contribution in [0.4, 0.5) is 5.13 Å². The highest BCUT2D eigenvalue weighted by Crippen LogP contribution is 2.38. The molecule has 6 nitrogen and oxygen atoms in total. The number of ether oxygens (including phenoxy) is 2. The fourth-order valence-electron chi connectivity index (χ4n) is 3.13. The van der Waals surface area contributed by atoms with Gasteiger partial charge in [0.2, 0.25) is 5.91 Å². The maximum absolute atomic E-state index is 12.4. The molecule has 7 heteroatoms. The molecule has 1 N–H and O–H groups in total. The number of anilines is 1. The smallest absolute Gasteiger partial charge is 0.230 e. The summed E-state index contributed by atoms with van der Waals surface area (Å²) >= 11 is 1.25. The molecule has 1 aromatic carbocycles. The molecule has 138 valence electrons. The number of ketones is 1. The summed E-state index contributed by atoms with van der Waals surface area (Å²) in [6, 6.07) is 5.32. The van der Waals surface area contributed by atoms with Crippen molar-refractivity contribution in [1.29, 1.82) is 0 Å². The third-order valence-electron chi connectivity index (χ3n) is 4.32. The average Bonchev–Trinajstić information content (AvgIpc) is 2.95. The second-order valence-electron chi connectivity index (χ2n) is 7.14. The van der Waals surface area contributed by atoms with Crippen LogP contribution >= 0.6 is 11.3 Å². The maximum Gasteiger partial charge on any atom is 0.230 e. The van der Waals surface area contributed by atoms with Crippen LogP contribution in [0.15, 0.2) is 18.2 Å². The first-order chi connectivity index (χ1) is 12.3. The number of thiazole rings is 1. The van der Waals surface area contributed by atoms with Gasteiger partial charge in [0.05, 0.1) is 31.2 Å². The Kier molecular flexibility index (Phi) is 5.00. The van der Waals surface area contributed by atoms with Gasteiger partial charge in [-0.2, -0.15) is 0 Å². The van der Waals surface area contributed by atoms with Crippen molar-refractivity contribution in [3.8, 4) is 11.5 Å². The molecule has 1 aliphatic rings. The van der Waals surface area contributed by atoms with Gasteiger partial charge in [0, 0.05) is 12.0 Å². The summed E-state index contributed by atoms with van der Waals surface area (Å²) in [4.78, 5) is 29.8. The molecule has 0 atom stereocenters. The molecule has 0 unspecified atom stereocenters. The third-order valence-corrected chi connectivity index (χ3v) is 5.37. The summed E-state index contributed by atoms with van der Waals surface area (Å²) in [6.45, 7) is 4.11. The number of carbonyl (C=O) groups is 2. The lowest BCUT2D eigenvalue weighted by atomic mass is 9.78. The van der Waals surface area contributed by atoms with Crippen LogP contribution in [0.1, 0.15) is 41.2 Å². The Balaban J connectivity index is 1.75. The van der Waals surface area contributed by atoms with E-state index < -0.39 is 0 Å². The molecule has 1 amide bonds. The summed E-state index contributed by atoms with van der Waals surface area (Å²) < 4.78 is 10.5. The highest BCUT2D eigenvalue weighted by atomic mass is 32.1. The number of aromatic nitrogens is 1. The zero-order valence-electron chi connectivity index (χ0n) is 15.3. The number of hydrogen-bond acceptors (Lipinski definition) is 6. The lowest BCUT2D eigenvalue weighted by Crippen LogP contribution is -2.26. The minimum absolute atomic E-state index is 0.0899. The predicted molar refractivity (Wildman–Crippen MR) is 100 cm³/mol. The second kappa shape index (κ2) is 7.07. The van der Waals surface area contributed by atoms with Crippen LogP contribution in [-0.2, 0) is 17.6 Å². The van der Waals surface area contributed by atoms with Gasteiger partial charge in [-0.1, -0.05) is 25.2 Å². The van der Waals surface area contributed by atoms with E-state index in [2.05, 4.69) is 24.1 Å². The number of hydrogen-bond donors (Lipinski definition) is 1. The van der Waals surface area contributed by atoms with Crippen molar-refractivity contribution in [3.63, 3.8) is 0 Å². The van der Waals surface area contributed by atoms with E-state index in [4.69, 9.17) is 9.47 Å². The Labute approximate surface area is 156 Å². The zero-order chi connectivity index (χ0) is 18.9. The SMILES string of the molecule is COc1ccc(OC)c(CC(=O)Nc2nc3c(s2)C(=O)CC(C)(C)C3)c1. The summed E-state index contributed by atoms with van der Waals surface area (Å²) in [7, 11) is 3.13. The zero-order valence-corrected chi connectivity index (χ0v) is 16.2. The van der Waals surface area contributed by atoms with Gasteiger partial charge >= 0.3 is 0 Å². The molecule has 2 aromatic rings. The number of Topliss-reactive ketones (excluding diaryl/α,β-unsaturated/α-hetero) is 1. The number of nitrogens with one attached hydrogen (secondary N) is 1. The van der Waals surface area contributed by atoms with E-state index in [1.165, 1.54) is 11.3 Å². The molecular weight excluding hydrogens is 352 g/mol. The first-order valence-electron chi connectivity index (χ1n) is 8.35. The molecule has 1 aromatic heterocycles. The third kappa shape index (κ3) is 3.88. The van der Waals surface area contributed by atoms with E-state index in [0.717, 1.165) is 17.7 Å². The summed E-state index contributed by atoms with van der Waals surface area (Å²) in [5.41, 5.74) is 1.42. The number of benzene rings is 1. The van der Waals surface area contributed by atoms with Crippen LogP contribution in [0.3, 0.4) is 0 Å². The van der Waals surface area contributed by atoms with Crippen LogP contribution < -0.4 is 14.8 Å². The van der Waals surface area contributed by atoms with Gasteiger partial charge in [-0.25, -0.2) is 4.98 Å². The number of rotatable bonds is 5. The minimum Gasteiger partial charge on any atom is -0.497 e. The van der Waals surface area contributed by atoms with E-state index in [1.807, 2.05) is 0 Å². The normalized spacial score (nSPS) is 15.3. The van der Waals surface area contributed by atoms with Crippen molar-refractivity contribution < 1.29 is 19.1 Å². The number of amides is 1. The predicted octanol–water partition coefficient (Wildman–Crippen LogP) is 3.50. The number of fused-ring (bicyclic) bond motifs is 1. The van der Waals surface area contributed by atoms with Crippen LogP contribution in [0.2, 0.25) is 0 Å². The van der Waals surface area contributed by atoms with E-state index in [-0.39, 0.29) is 23.5 Å². The van der Waals surface area contributed by atoms with Crippen molar-refractivity contribution in [1.82, 2.24) is 4.98 Å².